The van der Waals surface area contributed by atoms with Gasteiger partial charge < -0.3 is 18.9 Å². The molecule has 0 amide bonds. The Labute approximate surface area is 140 Å². The lowest BCUT2D eigenvalue weighted by molar-refractivity contribution is 0.0729. The van der Waals surface area contributed by atoms with Crippen molar-refractivity contribution in [1.82, 2.24) is 0 Å². The molecule has 6 heteroatoms. The lowest BCUT2D eigenvalue weighted by Gasteiger charge is -2.13. The highest BCUT2D eigenvalue weighted by molar-refractivity contribution is 5.92. The fraction of sp³-hybridized carbons (Fsp3) is 0.222. The predicted octanol–water partition coefficient (Wildman–Crippen LogP) is 3.11. The number of hydrogen-bond acceptors (Lipinski definition) is 6. The fourth-order valence-corrected chi connectivity index (χ4v) is 2.18. The number of hydrogen-bond donors (Lipinski definition) is 0. The lowest BCUT2D eigenvalue weighted by Crippen LogP contribution is -2.10. The second-order valence-electron chi connectivity index (χ2n) is 4.87. The van der Waals surface area contributed by atoms with Gasteiger partial charge in [0, 0.05) is 11.6 Å². The fourth-order valence-electron chi connectivity index (χ4n) is 2.18. The highest BCUT2D eigenvalue weighted by Crippen LogP contribution is 2.32. The van der Waals surface area contributed by atoms with Crippen molar-refractivity contribution in [3.63, 3.8) is 0 Å². The summed E-state index contributed by atoms with van der Waals surface area (Å²) in [5, 5.41) is 8.91. The second kappa shape index (κ2) is 7.38. The van der Waals surface area contributed by atoms with Crippen molar-refractivity contribution < 1.29 is 23.7 Å². The van der Waals surface area contributed by atoms with E-state index in [1.165, 1.54) is 33.5 Å². The van der Waals surface area contributed by atoms with Crippen molar-refractivity contribution in [3.05, 3.63) is 47.0 Å². The Morgan fingerprint density at radius 3 is 2.00 bits per heavy atom. The number of nitrogens with zero attached hydrogens (tertiary/aromatic N) is 1. The minimum Gasteiger partial charge on any atom is -0.496 e. The van der Waals surface area contributed by atoms with E-state index in [2.05, 4.69) is 0 Å². The summed E-state index contributed by atoms with van der Waals surface area (Å²) in [6.45, 7) is 1.83. The Bertz CT molecular complexity index is 783. The van der Waals surface area contributed by atoms with Gasteiger partial charge in [0.05, 0.1) is 38.5 Å². The van der Waals surface area contributed by atoms with Crippen LogP contribution < -0.4 is 18.9 Å². The quantitative estimate of drug-likeness (QED) is 0.620. The van der Waals surface area contributed by atoms with Gasteiger partial charge in [-0.05, 0) is 31.2 Å². The van der Waals surface area contributed by atoms with E-state index >= 15 is 0 Å². The van der Waals surface area contributed by atoms with Gasteiger partial charge in [-0.15, -0.1) is 0 Å². The van der Waals surface area contributed by atoms with Gasteiger partial charge in [0.15, 0.2) is 11.5 Å². The van der Waals surface area contributed by atoms with E-state index in [9.17, 15) is 4.79 Å². The second-order valence-corrected chi connectivity index (χ2v) is 4.87. The number of nitriles is 1. The summed E-state index contributed by atoms with van der Waals surface area (Å²) in [5.74, 6) is 0.976. The SMILES string of the molecule is COc1cc(C#N)ccc1OC(=O)c1cc(OC)c(C)c(OC)c1. The maximum absolute atomic E-state index is 12.4. The minimum atomic E-state index is -0.588. The smallest absolute Gasteiger partial charge is 0.343 e. The number of carbonyl (C=O) groups excluding carboxylic acids is 1. The lowest BCUT2D eigenvalue weighted by atomic mass is 10.1. The van der Waals surface area contributed by atoms with Crippen LogP contribution in [0.2, 0.25) is 0 Å². The van der Waals surface area contributed by atoms with E-state index in [1.807, 2.05) is 13.0 Å². The summed E-state index contributed by atoms with van der Waals surface area (Å²) in [6, 6.07) is 9.71. The number of ether oxygens (including phenoxy) is 4. The maximum Gasteiger partial charge on any atom is 0.343 e. The zero-order chi connectivity index (χ0) is 17.7. The highest BCUT2D eigenvalue weighted by Gasteiger charge is 2.17. The number of methoxy groups -OCH3 is 3. The molecule has 2 aromatic rings. The molecule has 0 aliphatic rings. The molecule has 124 valence electrons. The van der Waals surface area contributed by atoms with Gasteiger partial charge in [0.2, 0.25) is 0 Å². The van der Waals surface area contributed by atoms with Gasteiger partial charge in [0.25, 0.3) is 0 Å². The molecule has 0 unspecified atom stereocenters. The third-order valence-corrected chi connectivity index (χ3v) is 3.48. The molecule has 2 aromatic carbocycles. The van der Waals surface area contributed by atoms with Crippen LogP contribution in [0.1, 0.15) is 21.5 Å². The molecule has 0 fully saturated rings. The third-order valence-electron chi connectivity index (χ3n) is 3.48. The summed E-state index contributed by atoms with van der Waals surface area (Å²) < 4.78 is 21.0. The van der Waals surface area contributed by atoms with Crippen LogP contribution in [-0.2, 0) is 0 Å². The Balaban J connectivity index is 2.35. The Kier molecular flexibility index (Phi) is 5.27. The molecular formula is C18H17NO5. The highest BCUT2D eigenvalue weighted by atomic mass is 16.6. The first-order valence-corrected chi connectivity index (χ1v) is 7.07. The van der Waals surface area contributed by atoms with Crippen molar-refractivity contribution in [2.24, 2.45) is 0 Å². The summed E-state index contributed by atoms with van der Waals surface area (Å²) in [5.41, 5.74) is 1.47. The van der Waals surface area contributed by atoms with Gasteiger partial charge in [-0.25, -0.2) is 4.79 Å². The van der Waals surface area contributed by atoms with Crippen LogP contribution in [0.3, 0.4) is 0 Å². The van der Waals surface area contributed by atoms with Crippen molar-refractivity contribution in [1.29, 1.82) is 5.26 Å². The molecule has 0 bridgehead atoms. The average Bonchev–Trinajstić information content (AvgIpc) is 2.62. The maximum atomic E-state index is 12.4. The average molecular weight is 327 g/mol. The van der Waals surface area contributed by atoms with Crippen molar-refractivity contribution >= 4 is 5.97 Å². The van der Waals surface area contributed by atoms with Gasteiger partial charge in [0.1, 0.15) is 11.5 Å². The molecule has 0 radical (unpaired) electrons. The topological polar surface area (TPSA) is 77.8 Å². The predicted molar refractivity (Wildman–Crippen MR) is 87.0 cm³/mol. The molecule has 0 aromatic heterocycles. The molecule has 0 aliphatic heterocycles. The van der Waals surface area contributed by atoms with Crippen molar-refractivity contribution in [2.75, 3.05) is 21.3 Å². The molecule has 6 nitrogen and oxygen atoms in total. The van der Waals surface area contributed by atoms with E-state index in [0.29, 0.717) is 22.8 Å². The molecular weight excluding hydrogens is 310 g/mol. The summed E-state index contributed by atoms with van der Waals surface area (Å²) in [4.78, 5) is 12.4. The largest absolute Gasteiger partial charge is 0.496 e. The van der Waals surface area contributed by atoms with E-state index in [0.717, 1.165) is 5.56 Å². The van der Waals surface area contributed by atoms with Gasteiger partial charge >= 0.3 is 5.97 Å². The monoisotopic (exact) mass is 327 g/mol. The molecule has 24 heavy (non-hydrogen) atoms. The van der Waals surface area contributed by atoms with Crippen LogP contribution in [0, 0.1) is 18.3 Å². The molecule has 2 rings (SSSR count). The van der Waals surface area contributed by atoms with E-state index < -0.39 is 5.97 Å². The van der Waals surface area contributed by atoms with Crippen LogP contribution in [0.4, 0.5) is 0 Å². The normalized spacial score (nSPS) is 9.79. The Morgan fingerprint density at radius 2 is 1.50 bits per heavy atom. The molecule has 0 saturated heterocycles. The Hall–Kier alpha value is -3.20. The molecule has 0 atom stereocenters. The number of rotatable bonds is 5. The van der Waals surface area contributed by atoms with E-state index in [-0.39, 0.29) is 11.3 Å². The first-order chi connectivity index (χ1) is 11.5. The zero-order valence-electron chi connectivity index (χ0n) is 13.9. The number of benzene rings is 2. The first kappa shape index (κ1) is 17.2. The molecule has 0 saturated carbocycles. The summed E-state index contributed by atoms with van der Waals surface area (Å²) in [7, 11) is 4.47. The van der Waals surface area contributed by atoms with Crippen LogP contribution >= 0.6 is 0 Å². The van der Waals surface area contributed by atoms with Gasteiger partial charge in [-0.3, -0.25) is 0 Å². The molecule has 0 spiro atoms. The van der Waals surface area contributed by atoms with Crippen LogP contribution in [0.25, 0.3) is 0 Å². The molecule has 0 heterocycles. The van der Waals surface area contributed by atoms with Gasteiger partial charge in [-0.2, -0.15) is 5.26 Å². The molecule has 0 aliphatic carbocycles. The van der Waals surface area contributed by atoms with Crippen molar-refractivity contribution in [2.45, 2.75) is 6.92 Å². The summed E-state index contributed by atoms with van der Waals surface area (Å²) in [6.07, 6.45) is 0. The zero-order valence-corrected chi connectivity index (χ0v) is 13.9. The Morgan fingerprint density at radius 1 is 0.917 bits per heavy atom. The number of esters is 1. The van der Waals surface area contributed by atoms with Crippen LogP contribution in [0.15, 0.2) is 30.3 Å². The van der Waals surface area contributed by atoms with E-state index in [1.54, 1.807) is 18.2 Å². The van der Waals surface area contributed by atoms with Crippen LogP contribution in [-0.4, -0.2) is 27.3 Å². The minimum absolute atomic E-state index is 0.222. The van der Waals surface area contributed by atoms with Crippen LogP contribution in [0.5, 0.6) is 23.0 Å². The van der Waals surface area contributed by atoms with Crippen molar-refractivity contribution in [3.8, 4) is 29.1 Å². The molecule has 0 N–H and O–H groups in total. The standard InChI is InChI=1S/C18H17NO5/c1-11-15(21-2)8-13(9-16(11)22-3)18(20)24-14-6-5-12(10-19)7-17(14)23-4/h5-9H,1-4H3. The summed E-state index contributed by atoms with van der Waals surface area (Å²) >= 11 is 0. The first-order valence-electron chi connectivity index (χ1n) is 7.07. The van der Waals surface area contributed by atoms with E-state index in [4.69, 9.17) is 24.2 Å². The van der Waals surface area contributed by atoms with Gasteiger partial charge in [-0.1, -0.05) is 0 Å². The number of carbonyl (C=O) groups is 1. The third kappa shape index (κ3) is 3.41.